The van der Waals surface area contributed by atoms with Gasteiger partial charge in [-0.25, -0.2) is 4.98 Å². The van der Waals surface area contributed by atoms with Gasteiger partial charge < -0.3 is 10.1 Å². The molecule has 0 bridgehead atoms. The van der Waals surface area contributed by atoms with Crippen LogP contribution in [0, 0.1) is 0 Å². The summed E-state index contributed by atoms with van der Waals surface area (Å²) >= 11 is 1.81. The molecule has 0 atom stereocenters. The van der Waals surface area contributed by atoms with E-state index in [1.54, 1.807) is 7.11 Å². The van der Waals surface area contributed by atoms with Gasteiger partial charge in [0.05, 0.1) is 15.2 Å². The molecule has 0 saturated heterocycles. The Balaban J connectivity index is 1.67. The summed E-state index contributed by atoms with van der Waals surface area (Å²) in [5, 5.41) is 4.67. The standard InChI is InChI=1S/C14H20N2OS/c1-17-11-5-10-15-9-4-8-14-16-12-6-2-3-7-13(12)18-14/h2-3,6-7,15H,4-5,8-11H2,1H3. The number of benzene rings is 1. The van der Waals surface area contributed by atoms with Gasteiger partial charge in [-0.15, -0.1) is 11.3 Å². The Morgan fingerprint density at radius 2 is 2.06 bits per heavy atom. The molecule has 0 unspecified atom stereocenters. The molecule has 98 valence electrons. The van der Waals surface area contributed by atoms with Crippen LogP contribution >= 0.6 is 11.3 Å². The molecule has 2 rings (SSSR count). The van der Waals surface area contributed by atoms with Crippen molar-refractivity contribution in [1.29, 1.82) is 0 Å². The van der Waals surface area contributed by atoms with Crippen molar-refractivity contribution in [3.63, 3.8) is 0 Å². The summed E-state index contributed by atoms with van der Waals surface area (Å²) in [5.74, 6) is 0. The summed E-state index contributed by atoms with van der Waals surface area (Å²) in [4.78, 5) is 4.63. The van der Waals surface area contributed by atoms with Crippen molar-refractivity contribution in [3.05, 3.63) is 29.3 Å². The molecule has 4 heteroatoms. The number of ether oxygens (including phenoxy) is 1. The van der Waals surface area contributed by atoms with Gasteiger partial charge in [0.1, 0.15) is 0 Å². The second-order valence-corrected chi connectivity index (χ2v) is 5.39. The van der Waals surface area contributed by atoms with Gasteiger partial charge in [-0.2, -0.15) is 0 Å². The number of hydrogen-bond acceptors (Lipinski definition) is 4. The zero-order valence-corrected chi connectivity index (χ0v) is 11.6. The van der Waals surface area contributed by atoms with E-state index < -0.39 is 0 Å². The van der Waals surface area contributed by atoms with Gasteiger partial charge >= 0.3 is 0 Å². The van der Waals surface area contributed by atoms with E-state index in [0.717, 1.165) is 44.5 Å². The molecule has 1 aromatic carbocycles. The van der Waals surface area contributed by atoms with Gasteiger partial charge in [-0.05, 0) is 38.1 Å². The molecule has 0 aliphatic rings. The first-order chi connectivity index (χ1) is 8.90. The third kappa shape index (κ3) is 4.05. The molecule has 1 aromatic heterocycles. The highest BCUT2D eigenvalue weighted by Crippen LogP contribution is 2.22. The third-order valence-corrected chi connectivity index (χ3v) is 3.88. The number of nitrogens with zero attached hydrogens (tertiary/aromatic N) is 1. The molecule has 0 fully saturated rings. The van der Waals surface area contributed by atoms with Crippen molar-refractivity contribution in [3.8, 4) is 0 Å². The Kier molecular flexibility index (Phi) is 5.58. The van der Waals surface area contributed by atoms with Crippen LogP contribution in [0.5, 0.6) is 0 Å². The van der Waals surface area contributed by atoms with Crippen molar-refractivity contribution in [2.24, 2.45) is 0 Å². The average Bonchev–Trinajstić information content (AvgIpc) is 2.80. The normalized spacial score (nSPS) is 11.2. The van der Waals surface area contributed by atoms with Gasteiger partial charge in [-0.3, -0.25) is 0 Å². The molecule has 0 amide bonds. The molecule has 1 heterocycles. The van der Waals surface area contributed by atoms with Crippen LogP contribution < -0.4 is 5.32 Å². The van der Waals surface area contributed by atoms with E-state index in [9.17, 15) is 0 Å². The molecular weight excluding hydrogens is 244 g/mol. The summed E-state index contributed by atoms with van der Waals surface area (Å²) in [5.41, 5.74) is 1.13. The van der Waals surface area contributed by atoms with Crippen LogP contribution in [0.25, 0.3) is 10.2 Å². The molecule has 3 nitrogen and oxygen atoms in total. The molecule has 0 saturated carbocycles. The fourth-order valence-electron chi connectivity index (χ4n) is 1.86. The van der Waals surface area contributed by atoms with Gasteiger partial charge in [0.2, 0.25) is 0 Å². The van der Waals surface area contributed by atoms with E-state index in [4.69, 9.17) is 4.74 Å². The fraction of sp³-hybridized carbons (Fsp3) is 0.500. The lowest BCUT2D eigenvalue weighted by Gasteiger charge is -2.02. The number of methoxy groups -OCH3 is 1. The number of para-hydroxylation sites is 1. The first kappa shape index (κ1) is 13.5. The number of nitrogens with one attached hydrogen (secondary N) is 1. The van der Waals surface area contributed by atoms with Gasteiger partial charge in [0.25, 0.3) is 0 Å². The van der Waals surface area contributed by atoms with Gasteiger partial charge in [0.15, 0.2) is 0 Å². The number of hydrogen-bond donors (Lipinski definition) is 1. The number of thiazole rings is 1. The minimum atomic E-state index is 0.838. The van der Waals surface area contributed by atoms with E-state index in [2.05, 4.69) is 28.5 Å². The molecule has 18 heavy (non-hydrogen) atoms. The molecule has 0 aliphatic carbocycles. The highest BCUT2D eigenvalue weighted by atomic mass is 32.1. The second kappa shape index (κ2) is 7.46. The summed E-state index contributed by atoms with van der Waals surface area (Å²) in [7, 11) is 1.74. The largest absolute Gasteiger partial charge is 0.385 e. The smallest absolute Gasteiger partial charge is 0.0939 e. The molecular formula is C14H20N2OS. The quantitative estimate of drug-likeness (QED) is 0.744. The van der Waals surface area contributed by atoms with Crippen LogP contribution in [0.1, 0.15) is 17.8 Å². The van der Waals surface area contributed by atoms with Crippen molar-refractivity contribution in [1.82, 2.24) is 10.3 Å². The zero-order chi connectivity index (χ0) is 12.6. The van der Waals surface area contributed by atoms with E-state index in [-0.39, 0.29) is 0 Å². The monoisotopic (exact) mass is 264 g/mol. The van der Waals surface area contributed by atoms with Crippen LogP contribution in [0.4, 0.5) is 0 Å². The van der Waals surface area contributed by atoms with E-state index in [1.807, 2.05) is 17.4 Å². The first-order valence-corrected chi connectivity index (χ1v) is 7.26. The van der Waals surface area contributed by atoms with Crippen LogP contribution in [0.2, 0.25) is 0 Å². The maximum atomic E-state index is 5.00. The summed E-state index contributed by atoms with van der Waals surface area (Å²) in [6.45, 7) is 2.93. The van der Waals surface area contributed by atoms with Crippen molar-refractivity contribution >= 4 is 21.6 Å². The molecule has 0 aliphatic heterocycles. The Hall–Kier alpha value is -0.970. The van der Waals surface area contributed by atoms with Crippen LogP contribution in [0.3, 0.4) is 0 Å². The van der Waals surface area contributed by atoms with Crippen molar-refractivity contribution in [2.75, 3.05) is 26.8 Å². The van der Waals surface area contributed by atoms with Crippen molar-refractivity contribution < 1.29 is 4.74 Å². The lowest BCUT2D eigenvalue weighted by molar-refractivity contribution is 0.194. The summed E-state index contributed by atoms with van der Waals surface area (Å²) in [6.07, 6.45) is 3.29. The number of aryl methyl sites for hydroxylation is 1. The number of fused-ring (bicyclic) bond motifs is 1. The van der Waals surface area contributed by atoms with E-state index in [1.165, 1.54) is 9.71 Å². The minimum absolute atomic E-state index is 0.838. The maximum Gasteiger partial charge on any atom is 0.0939 e. The number of rotatable bonds is 8. The number of aromatic nitrogens is 1. The van der Waals surface area contributed by atoms with Gasteiger partial charge in [0, 0.05) is 20.1 Å². The Morgan fingerprint density at radius 1 is 1.22 bits per heavy atom. The Bertz CT molecular complexity index is 437. The lowest BCUT2D eigenvalue weighted by Crippen LogP contribution is -2.18. The molecule has 0 radical (unpaired) electrons. The fourth-order valence-corrected chi connectivity index (χ4v) is 2.87. The molecule has 2 aromatic rings. The van der Waals surface area contributed by atoms with Crippen LogP contribution in [0.15, 0.2) is 24.3 Å². The minimum Gasteiger partial charge on any atom is -0.385 e. The lowest BCUT2D eigenvalue weighted by atomic mass is 10.3. The predicted octanol–water partition coefficient (Wildman–Crippen LogP) is 2.86. The first-order valence-electron chi connectivity index (χ1n) is 6.44. The summed E-state index contributed by atoms with van der Waals surface area (Å²) < 4.78 is 6.30. The van der Waals surface area contributed by atoms with Crippen LogP contribution in [-0.4, -0.2) is 31.8 Å². The van der Waals surface area contributed by atoms with Gasteiger partial charge in [-0.1, -0.05) is 12.1 Å². The third-order valence-electron chi connectivity index (χ3n) is 2.78. The molecule has 0 spiro atoms. The van der Waals surface area contributed by atoms with E-state index in [0.29, 0.717) is 0 Å². The van der Waals surface area contributed by atoms with Crippen LogP contribution in [-0.2, 0) is 11.2 Å². The van der Waals surface area contributed by atoms with Crippen molar-refractivity contribution in [2.45, 2.75) is 19.3 Å². The molecule has 1 N–H and O–H groups in total. The Morgan fingerprint density at radius 3 is 2.89 bits per heavy atom. The highest BCUT2D eigenvalue weighted by molar-refractivity contribution is 7.18. The highest BCUT2D eigenvalue weighted by Gasteiger charge is 2.02. The zero-order valence-electron chi connectivity index (χ0n) is 10.8. The topological polar surface area (TPSA) is 34.1 Å². The maximum absolute atomic E-state index is 5.00. The summed E-state index contributed by atoms with van der Waals surface area (Å²) in [6, 6.07) is 8.34. The van der Waals surface area contributed by atoms with E-state index >= 15 is 0 Å². The average molecular weight is 264 g/mol. The second-order valence-electron chi connectivity index (χ2n) is 4.28. The predicted molar refractivity (Wildman–Crippen MR) is 77.3 cm³/mol. The Labute approximate surface area is 112 Å². The SMILES string of the molecule is COCCCNCCCc1nc2ccccc2s1.